The van der Waals surface area contributed by atoms with E-state index in [-0.39, 0.29) is 11.8 Å². The fourth-order valence-corrected chi connectivity index (χ4v) is 2.63. The molecule has 0 aliphatic carbocycles. The number of nitrogens with zero attached hydrogens (tertiary/aromatic N) is 1. The Balaban J connectivity index is 1.75. The number of halogens is 1. The van der Waals surface area contributed by atoms with Gasteiger partial charge in [0, 0.05) is 36.9 Å². The van der Waals surface area contributed by atoms with Crippen LogP contribution in [0.1, 0.15) is 35.2 Å². The Morgan fingerprint density at radius 3 is 2.40 bits per heavy atom. The molecule has 0 radical (unpaired) electrons. The molecule has 1 aliphatic heterocycles. The van der Waals surface area contributed by atoms with Crippen LogP contribution in [0.2, 0.25) is 0 Å². The quantitative estimate of drug-likeness (QED) is 0.837. The highest BCUT2D eigenvalue weighted by atomic mass is 79.9. The lowest BCUT2D eigenvalue weighted by Gasteiger charge is -2.15. The van der Waals surface area contributed by atoms with Gasteiger partial charge < -0.3 is 10.2 Å². The van der Waals surface area contributed by atoms with Crippen molar-refractivity contribution in [2.75, 3.05) is 19.6 Å². The monoisotopic (exact) mass is 338 g/mol. The molecule has 0 saturated carbocycles. The minimum atomic E-state index is -0.125. The highest BCUT2D eigenvalue weighted by Crippen LogP contribution is 2.09. The fraction of sp³-hybridized carbons (Fsp3) is 0.467. The number of rotatable bonds is 5. The van der Waals surface area contributed by atoms with Gasteiger partial charge in [-0.05, 0) is 30.5 Å². The summed E-state index contributed by atoms with van der Waals surface area (Å²) in [7, 11) is 0. The SMILES string of the molecule is O=C(NCCC(=O)N1CCCC1)c1ccc(CBr)cc1. The molecule has 1 N–H and O–H groups in total. The zero-order valence-electron chi connectivity index (χ0n) is 11.4. The zero-order chi connectivity index (χ0) is 14.4. The second-order valence-electron chi connectivity index (χ2n) is 4.92. The van der Waals surface area contributed by atoms with Gasteiger partial charge in [-0.15, -0.1) is 0 Å². The summed E-state index contributed by atoms with van der Waals surface area (Å²) in [6.07, 6.45) is 2.57. The van der Waals surface area contributed by atoms with Crippen LogP contribution >= 0.6 is 15.9 Å². The van der Waals surface area contributed by atoms with Crippen LogP contribution < -0.4 is 5.32 Å². The first-order valence-corrected chi connectivity index (χ1v) is 8.04. The third kappa shape index (κ3) is 4.07. The number of likely N-dealkylation sites (tertiary alicyclic amines) is 1. The largest absolute Gasteiger partial charge is 0.352 e. The molecular weight excluding hydrogens is 320 g/mol. The van der Waals surface area contributed by atoms with Gasteiger partial charge in [-0.25, -0.2) is 0 Å². The van der Waals surface area contributed by atoms with Gasteiger partial charge in [-0.3, -0.25) is 9.59 Å². The predicted octanol–water partition coefficient (Wildman–Crippen LogP) is 2.32. The molecule has 1 aromatic rings. The van der Waals surface area contributed by atoms with E-state index < -0.39 is 0 Å². The van der Waals surface area contributed by atoms with Crippen LogP contribution in [-0.2, 0) is 10.1 Å². The Bertz CT molecular complexity index is 467. The highest BCUT2D eigenvalue weighted by Gasteiger charge is 2.17. The third-order valence-electron chi connectivity index (χ3n) is 3.45. The average Bonchev–Trinajstić information content (AvgIpc) is 3.01. The van der Waals surface area contributed by atoms with E-state index in [9.17, 15) is 9.59 Å². The van der Waals surface area contributed by atoms with Gasteiger partial charge in [0.2, 0.25) is 5.91 Å². The van der Waals surface area contributed by atoms with Gasteiger partial charge in [0.05, 0.1) is 0 Å². The molecule has 0 atom stereocenters. The topological polar surface area (TPSA) is 49.4 Å². The lowest BCUT2D eigenvalue weighted by Crippen LogP contribution is -2.32. The minimum Gasteiger partial charge on any atom is -0.352 e. The number of alkyl halides is 1. The van der Waals surface area contributed by atoms with Crippen LogP contribution in [0.4, 0.5) is 0 Å². The molecule has 5 heteroatoms. The van der Waals surface area contributed by atoms with Crippen molar-refractivity contribution in [1.29, 1.82) is 0 Å². The lowest BCUT2D eigenvalue weighted by molar-refractivity contribution is -0.129. The molecule has 20 heavy (non-hydrogen) atoms. The Morgan fingerprint density at radius 2 is 1.80 bits per heavy atom. The lowest BCUT2D eigenvalue weighted by atomic mass is 10.1. The van der Waals surface area contributed by atoms with Crippen molar-refractivity contribution in [3.05, 3.63) is 35.4 Å². The molecule has 4 nitrogen and oxygen atoms in total. The minimum absolute atomic E-state index is 0.125. The van der Waals surface area contributed by atoms with E-state index in [0.29, 0.717) is 18.5 Å². The second-order valence-corrected chi connectivity index (χ2v) is 5.49. The third-order valence-corrected chi connectivity index (χ3v) is 4.10. The normalized spacial score (nSPS) is 14.3. The summed E-state index contributed by atoms with van der Waals surface area (Å²) < 4.78 is 0. The van der Waals surface area contributed by atoms with Crippen molar-refractivity contribution in [2.45, 2.75) is 24.6 Å². The van der Waals surface area contributed by atoms with Crippen LogP contribution in [0.5, 0.6) is 0 Å². The summed E-state index contributed by atoms with van der Waals surface area (Å²) in [4.78, 5) is 25.6. The second kappa shape index (κ2) is 7.43. The first-order valence-electron chi connectivity index (χ1n) is 6.91. The van der Waals surface area contributed by atoms with E-state index in [1.54, 1.807) is 12.1 Å². The Kier molecular flexibility index (Phi) is 5.59. The smallest absolute Gasteiger partial charge is 0.251 e. The van der Waals surface area contributed by atoms with E-state index in [1.807, 2.05) is 17.0 Å². The summed E-state index contributed by atoms with van der Waals surface area (Å²) >= 11 is 3.37. The van der Waals surface area contributed by atoms with Crippen LogP contribution in [0.3, 0.4) is 0 Å². The van der Waals surface area contributed by atoms with Crippen molar-refractivity contribution in [2.24, 2.45) is 0 Å². The molecule has 1 aliphatic rings. The van der Waals surface area contributed by atoms with Crippen molar-refractivity contribution in [3.63, 3.8) is 0 Å². The molecular formula is C15H19BrN2O2. The number of amides is 2. The number of hydrogen-bond donors (Lipinski definition) is 1. The molecule has 1 saturated heterocycles. The molecule has 0 spiro atoms. The zero-order valence-corrected chi connectivity index (χ0v) is 13.0. The van der Waals surface area contributed by atoms with Crippen LogP contribution in [0.25, 0.3) is 0 Å². The molecule has 2 rings (SSSR count). The number of hydrogen-bond acceptors (Lipinski definition) is 2. The highest BCUT2D eigenvalue weighted by molar-refractivity contribution is 9.08. The van der Waals surface area contributed by atoms with E-state index in [2.05, 4.69) is 21.2 Å². The molecule has 108 valence electrons. The summed E-state index contributed by atoms with van der Waals surface area (Å²) in [5, 5.41) is 3.57. The first-order chi connectivity index (χ1) is 9.70. The van der Waals surface area contributed by atoms with Gasteiger partial charge in [0.15, 0.2) is 0 Å². The van der Waals surface area contributed by atoms with Crippen molar-refractivity contribution < 1.29 is 9.59 Å². The van der Waals surface area contributed by atoms with E-state index in [1.165, 1.54) is 0 Å². The number of carbonyl (C=O) groups excluding carboxylic acids is 2. The molecule has 2 amide bonds. The molecule has 1 aromatic carbocycles. The summed E-state index contributed by atoms with van der Waals surface area (Å²) in [6.45, 7) is 2.12. The number of nitrogens with one attached hydrogen (secondary N) is 1. The predicted molar refractivity (Wildman–Crippen MR) is 81.8 cm³/mol. The van der Waals surface area contributed by atoms with E-state index in [0.717, 1.165) is 36.8 Å². The fourth-order valence-electron chi connectivity index (χ4n) is 2.25. The number of benzene rings is 1. The van der Waals surface area contributed by atoms with Crippen LogP contribution in [0.15, 0.2) is 24.3 Å². The summed E-state index contributed by atoms with van der Waals surface area (Å²) in [5.74, 6) is 0.0118. The maximum atomic E-state index is 11.9. The first kappa shape index (κ1) is 15.0. The van der Waals surface area contributed by atoms with Gasteiger partial charge >= 0.3 is 0 Å². The van der Waals surface area contributed by atoms with E-state index in [4.69, 9.17) is 0 Å². The Hall–Kier alpha value is -1.36. The Morgan fingerprint density at radius 1 is 1.15 bits per heavy atom. The van der Waals surface area contributed by atoms with Gasteiger partial charge in [0.1, 0.15) is 0 Å². The maximum absolute atomic E-state index is 11.9. The summed E-state index contributed by atoms with van der Waals surface area (Å²) in [5.41, 5.74) is 1.76. The molecule has 0 unspecified atom stereocenters. The maximum Gasteiger partial charge on any atom is 0.251 e. The Labute approximate surface area is 127 Å². The van der Waals surface area contributed by atoms with E-state index >= 15 is 0 Å². The molecule has 1 fully saturated rings. The van der Waals surface area contributed by atoms with Crippen molar-refractivity contribution >= 4 is 27.7 Å². The average molecular weight is 339 g/mol. The van der Waals surface area contributed by atoms with Crippen molar-refractivity contribution in [3.8, 4) is 0 Å². The van der Waals surface area contributed by atoms with Crippen LogP contribution in [0, 0.1) is 0 Å². The molecule has 1 heterocycles. The van der Waals surface area contributed by atoms with Gasteiger partial charge in [0.25, 0.3) is 5.91 Å². The van der Waals surface area contributed by atoms with Gasteiger partial charge in [-0.2, -0.15) is 0 Å². The van der Waals surface area contributed by atoms with Crippen molar-refractivity contribution in [1.82, 2.24) is 10.2 Å². The van der Waals surface area contributed by atoms with Gasteiger partial charge in [-0.1, -0.05) is 28.1 Å². The summed E-state index contributed by atoms with van der Waals surface area (Å²) in [6, 6.07) is 7.43. The molecule has 0 bridgehead atoms. The standard InChI is InChI=1S/C15H19BrN2O2/c16-11-12-3-5-13(6-4-12)15(20)17-8-7-14(19)18-9-1-2-10-18/h3-6H,1-2,7-11H2,(H,17,20). The number of carbonyl (C=O) groups is 2. The van der Waals surface area contributed by atoms with Crippen LogP contribution in [-0.4, -0.2) is 36.3 Å². The molecule has 0 aromatic heterocycles.